The first kappa shape index (κ1) is 10.4. The van der Waals surface area contributed by atoms with Crippen LogP contribution in [0.4, 0.5) is 0 Å². The Morgan fingerprint density at radius 2 is 2.00 bits per heavy atom. The van der Waals surface area contributed by atoms with Gasteiger partial charge in [-0.1, -0.05) is 24.3 Å². The van der Waals surface area contributed by atoms with Crippen LogP contribution < -0.4 is 10.2 Å². The van der Waals surface area contributed by atoms with E-state index in [0.29, 0.717) is 0 Å². The minimum absolute atomic E-state index is 0.729. The van der Waals surface area contributed by atoms with Gasteiger partial charge >= 0.3 is 7.48 Å². The van der Waals surface area contributed by atoms with E-state index < -0.39 is 0 Å². The summed E-state index contributed by atoms with van der Waals surface area (Å²) in [6.07, 6.45) is 0. The largest absolute Gasteiger partial charge is 0.497 e. The minimum Gasteiger partial charge on any atom is -0.497 e. The van der Waals surface area contributed by atoms with E-state index in [4.69, 9.17) is 9.39 Å². The van der Waals surface area contributed by atoms with E-state index in [2.05, 4.69) is 30.3 Å². The van der Waals surface area contributed by atoms with E-state index >= 15 is 0 Å². The first-order chi connectivity index (χ1) is 8.36. The Labute approximate surface area is 101 Å². The predicted molar refractivity (Wildman–Crippen MR) is 70.0 cm³/mol. The summed E-state index contributed by atoms with van der Waals surface area (Å²) in [5, 5.41) is 0. The summed E-state index contributed by atoms with van der Waals surface area (Å²) >= 11 is 0. The van der Waals surface area contributed by atoms with Crippen molar-refractivity contribution in [2.24, 2.45) is 0 Å². The molecule has 0 radical (unpaired) electrons. The smallest absolute Gasteiger partial charge is 0.309 e. The molecule has 0 spiro atoms. The lowest BCUT2D eigenvalue weighted by Gasteiger charge is -2.06. The molecule has 3 heteroatoms. The Morgan fingerprint density at radius 1 is 1.12 bits per heavy atom. The Hall–Kier alpha value is -1.74. The van der Waals surface area contributed by atoms with E-state index in [1.54, 1.807) is 7.11 Å². The van der Waals surface area contributed by atoms with Crippen molar-refractivity contribution >= 4 is 12.9 Å². The van der Waals surface area contributed by atoms with Crippen molar-refractivity contribution in [2.45, 2.75) is 6.61 Å². The third kappa shape index (κ3) is 1.94. The molecule has 1 heterocycles. The van der Waals surface area contributed by atoms with Gasteiger partial charge in [0.15, 0.2) is 0 Å². The molecule has 2 nitrogen and oxygen atoms in total. The molecule has 2 aromatic rings. The Kier molecular flexibility index (Phi) is 2.61. The van der Waals surface area contributed by atoms with E-state index in [1.165, 1.54) is 22.2 Å². The molecular weight excluding hydrogens is 211 g/mol. The average molecular weight is 224 g/mol. The molecule has 0 aliphatic carbocycles. The summed E-state index contributed by atoms with van der Waals surface area (Å²) in [5.41, 5.74) is 4.99. The van der Waals surface area contributed by atoms with Crippen molar-refractivity contribution in [3.8, 4) is 16.9 Å². The zero-order chi connectivity index (χ0) is 11.7. The van der Waals surface area contributed by atoms with Crippen molar-refractivity contribution in [3.05, 3.63) is 48.0 Å². The SMILES string of the molecule is COc1cccc(-c2ccc3c(c2)COB3)c1. The molecule has 1 aliphatic rings. The van der Waals surface area contributed by atoms with Gasteiger partial charge in [0.25, 0.3) is 0 Å². The quantitative estimate of drug-likeness (QED) is 0.725. The molecule has 0 atom stereocenters. The Bertz CT molecular complexity index is 552. The molecule has 0 unspecified atom stereocenters. The number of fused-ring (bicyclic) bond motifs is 1. The zero-order valence-electron chi connectivity index (χ0n) is 9.77. The van der Waals surface area contributed by atoms with Gasteiger partial charge in [0.05, 0.1) is 13.7 Å². The standard InChI is InChI=1S/C14H13BO2/c1-16-13-4-2-3-10(8-13)11-5-6-14-12(7-11)9-17-15-14/h2-8,15H,9H2,1H3. The Morgan fingerprint density at radius 3 is 2.88 bits per heavy atom. The van der Waals surface area contributed by atoms with Gasteiger partial charge in [0, 0.05) is 0 Å². The summed E-state index contributed by atoms with van der Waals surface area (Å²) in [4.78, 5) is 0. The van der Waals surface area contributed by atoms with Crippen LogP contribution in [0.25, 0.3) is 11.1 Å². The highest BCUT2D eigenvalue weighted by molar-refractivity contribution is 6.48. The maximum atomic E-state index is 5.43. The first-order valence-corrected chi connectivity index (χ1v) is 5.71. The highest BCUT2D eigenvalue weighted by atomic mass is 16.5. The molecule has 2 aromatic carbocycles. The van der Waals surface area contributed by atoms with Crippen molar-refractivity contribution in [1.82, 2.24) is 0 Å². The third-order valence-electron chi connectivity index (χ3n) is 3.12. The number of rotatable bonds is 2. The normalized spacial score (nSPS) is 13.0. The van der Waals surface area contributed by atoms with Gasteiger partial charge in [-0.2, -0.15) is 0 Å². The zero-order valence-corrected chi connectivity index (χ0v) is 9.77. The van der Waals surface area contributed by atoms with Crippen LogP contribution in [0.1, 0.15) is 5.56 Å². The topological polar surface area (TPSA) is 18.5 Å². The number of hydrogen-bond donors (Lipinski definition) is 0. The Balaban J connectivity index is 2.03. The van der Waals surface area contributed by atoms with Crippen LogP contribution in [0.5, 0.6) is 5.75 Å². The van der Waals surface area contributed by atoms with Gasteiger partial charge in [0.1, 0.15) is 5.75 Å². The second-order valence-electron chi connectivity index (χ2n) is 4.21. The summed E-state index contributed by atoms with van der Waals surface area (Å²) in [7, 11) is 2.43. The van der Waals surface area contributed by atoms with Gasteiger partial charge < -0.3 is 9.39 Å². The van der Waals surface area contributed by atoms with Gasteiger partial charge in [-0.3, -0.25) is 0 Å². The third-order valence-corrected chi connectivity index (χ3v) is 3.12. The maximum Gasteiger partial charge on any atom is 0.309 e. The number of hydrogen-bond acceptors (Lipinski definition) is 2. The minimum atomic E-state index is 0.729. The summed E-state index contributed by atoms with van der Waals surface area (Å²) in [6, 6.07) is 14.6. The van der Waals surface area contributed by atoms with Crippen LogP contribution in [-0.2, 0) is 11.3 Å². The molecule has 1 aliphatic heterocycles. The molecule has 0 N–H and O–H groups in total. The van der Waals surface area contributed by atoms with Gasteiger partial charge in [-0.05, 0) is 40.4 Å². The number of benzene rings is 2. The summed E-state index contributed by atoms with van der Waals surface area (Å²) in [6.45, 7) is 0.729. The van der Waals surface area contributed by atoms with Crippen LogP contribution in [-0.4, -0.2) is 14.6 Å². The van der Waals surface area contributed by atoms with Crippen LogP contribution >= 0.6 is 0 Å². The average Bonchev–Trinajstić information content (AvgIpc) is 2.86. The second kappa shape index (κ2) is 4.26. The van der Waals surface area contributed by atoms with E-state index in [0.717, 1.165) is 19.8 Å². The van der Waals surface area contributed by atoms with E-state index in [1.807, 2.05) is 12.1 Å². The highest BCUT2D eigenvalue weighted by Gasteiger charge is 2.13. The lowest BCUT2D eigenvalue weighted by atomic mass is 9.86. The van der Waals surface area contributed by atoms with Gasteiger partial charge in [0.2, 0.25) is 0 Å². The molecule has 0 bridgehead atoms. The molecule has 0 aromatic heterocycles. The molecular formula is C14H13BO2. The van der Waals surface area contributed by atoms with Crippen molar-refractivity contribution in [1.29, 1.82) is 0 Å². The molecule has 0 saturated heterocycles. The van der Waals surface area contributed by atoms with Gasteiger partial charge in [-0.25, -0.2) is 0 Å². The fourth-order valence-corrected chi connectivity index (χ4v) is 2.15. The van der Waals surface area contributed by atoms with Crippen LogP contribution in [0, 0.1) is 0 Å². The van der Waals surface area contributed by atoms with Crippen molar-refractivity contribution in [3.63, 3.8) is 0 Å². The highest BCUT2D eigenvalue weighted by Crippen LogP contribution is 2.24. The second-order valence-corrected chi connectivity index (χ2v) is 4.21. The molecule has 3 rings (SSSR count). The fraction of sp³-hybridized carbons (Fsp3) is 0.143. The lowest BCUT2D eigenvalue weighted by Crippen LogP contribution is -2.10. The number of methoxy groups -OCH3 is 1. The molecule has 0 amide bonds. The van der Waals surface area contributed by atoms with E-state index in [-0.39, 0.29) is 0 Å². The molecule has 0 saturated carbocycles. The lowest BCUT2D eigenvalue weighted by molar-refractivity contribution is 0.345. The molecule has 0 fully saturated rings. The summed E-state index contributed by atoms with van der Waals surface area (Å²) < 4.78 is 10.7. The van der Waals surface area contributed by atoms with Crippen LogP contribution in [0.2, 0.25) is 0 Å². The first-order valence-electron chi connectivity index (χ1n) is 5.71. The van der Waals surface area contributed by atoms with Crippen molar-refractivity contribution < 1.29 is 9.39 Å². The van der Waals surface area contributed by atoms with Crippen molar-refractivity contribution in [2.75, 3.05) is 7.11 Å². The number of ether oxygens (including phenoxy) is 1. The molecule has 84 valence electrons. The molecule has 17 heavy (non-hydrogen) atoms. The van der Waals surface area contributed by atoms with Crippen LogP contribution in [0.3, 0.4) is 0 Å². The maximum absolute atomic E-state index is 5.43. The summed E-state index contributed by atoms with van der Waals surface area (Å²) in [5.74, 6) is 0.888. The fourth-order valence-electron chi connectivity index (χ4n) is 2.15. The van der Waals surface area contributed by atoms with Gasteiger partial charge in [-0.15, -0.1) is 0 Å². The van der Waals surface area contributed by atoms with Crippen LogP contribution in [0.15, 0.2) is 42.5 Å². The predicted octanol–water partition coefficient (Wildman–Crippen LogP) is 1.87. The monoisotopic (exact) mass is 224 g/mol. The van der Waals surface area contributed by atoms with E-state index in [9.17, 15) is 0 Å².